The fraction of sp³-hybridized carbons (Fsp3) is 0.161. The Hall–Kier alpha value is -4.43. The molecule has 2 N–H and O–H groups in total. The zero-order valence-corrected chi connectivity index (χ0v) is 22.1. The fourth-order valence-electron chi connectivity index (χ4n) is 4.82. The number of aryl methyl sites for hydroxylation is 1. The smallest absolute Gasteiger partial charge is 0.407 e. The number of hydrogen-bond donors (Lipinski definition) is 2. The zero-order chi connectivity index (χ0) is 27.4. The normalized spacial score (nSPS) is 13.2. The molecule has 0 heterocycles. The molecule has 1 aliphatic carbocycles. The Balaban J connectivity index is 1.31. The maximum atomic E-state index is 13.2. The van der Waals surface area contributed by atoms with Crippen molar-refractivity contribution in [1.29, 1.82) is 0 Å². The SMILES string of the molecule is Cc1ccc(S(=O)(=O)NC(=O)[C@@H](Cc2ccccc2)NC(=O)OCC2c3ccccc3-c3ccccc32)cc1. The number of nitrogens with one attached hydrogen (secondary N) is 2. The van der Waals surface area contributed by atoms with Gasteiger partial charge < -0.3 is 10.1 Å². The second kappa shape index (κ2) is 11.1. The van der Waals surface area contributed by atoms with Gasteiger partial charge >= 0.3 is 6.09 Å². The van der Waals surface area contributed by atoms with Crippen molar-refractivity contribution in [3.8, 4) is 11.1 Å². The fourth-order valence-corrected chi connectivity index (χ4v) is 5.84. The standard InChI is InChI=1S/C31H28N2O5S/c1-21-15-17-23(18-16-21)39(36,37)33-30(34)29(19-22-9-3-2-4-10-22)32-31(35)38-20-28-26-13-7-5-11-24(26)25-12-6-8-14-27(25)28/h2-18,28-29H,19-20H2,1H3,(H,32,35)(H,33,34)/t29-/m1/s1. The minimum absolute atomic E-state index is 0.0407. The molecule has 1 aliphatic rings. The summed E-state index contributed by atoms with van der Waals surface area (Å²) >= 11 is 0. The minimum atomic E-state index is -4.13. The number of fused-ring (bicyclic) bond motifs is 3. The summed E-state index contributed by atoms with van der Waals surface area (Å²) in [6, 6.07) is 30.0. The Morgan fingerprint density at radius 3 is 1.97 bits per heavy atom. The van der Waals surface area contributed by atoms with Gasteiger partial charge in [-0.25, -0.2) is 17.9 Å². The van der Waals surface area contributed by atoms with Gasteiger partial charge in [0.15, 0.2) is 0 Å². The van der Waals surface area contributed by atoms with Crippen LogP contribution in [0.3, 0.4) is 0 Å². The second-order valence-corrected chi connectivity index (χ2v) is 11.2. The molecule has 0 saturated heterocycles. The quantitative estimate of drug-likeness (QED) is 0.329. The highest BCUT2D eigenvalue weighted by Crippen LogP contribution is 2.44. The Morgan fingerprint density at radius 2 is 1.36 bits per heavy atom. The predicted octanol–water partition coefficient (Wildman–Crippen LogP) is 4.95. The molecule has 8 heteroatoms. The van der Waals surface area contributed by atoms with Crippen LogP contribution < -0.4 is 10.0 Å². The lowest BCUT2D eigenvalue weighted by molar-refractivity contribution is -0.121. The first-order valence-electron chi connectivity index (χ1n) is 12.6. The van der Waals surface area contributed by atoms with E-state index in [9.17, 15) is 18.0 Å². The van der Waals surface area contributed by atoms with Gasteiger partial charge in [0, 0.05) is 12.3 Å². The Labute approximate surface area is 227 Å². The summed E-state index contributed by atoms with van der Waals surface area (Å²) in [5.74, 6) is -1.00. The van der Waals surface area contributed by atoms with Crippen LogP contribution in [0.5, 0.6) is 0 Å². The average molecular weight is 541 g/mol. The largest absolute Gasteiger partial charge is 0.449 e. The number of ether oxygens (including phenoxy) is 1. The third-order valence-corrected chi connectivity index (χ3v) is 8.16. The van der Waals surface area contributed by atoms with Gasteiger partial charge in [0.2, 0.25) is 0 Å². The number of hydrogen-bond acceptors (Lipinski definition) is 5. The molecular weight excluding hydrogens is 512 g/mol. The van der Waals surface area contributed by atoms with E-state index in [0.717, 1.165) is 33.4 Å². The number of sulfonamides is 1. The van der Waals surface area contributed by atoms with Crippen LogP contribution in [0.2, 0.25) is 0 Å². The highest BCUT2D eigenvalue weighted by atomic mass is 32.2. The molecule has 1 atom stereocenters. The van der Waals surface area contributed by atoms with Gasteiger partial charge in [0.1, 0.15) is 12.6 Å². The molecule has 5 rings (SSSR count). The summed E-state index contributed by atoms with van der Waals surface area (Å²) in [6.07, 6.45) is -0.721. The van der Waals surface area contributed by atoms with E-state index in [4.69, 9.17) is 4.74 Å². The van der Waals surface area contributed by atoms with E-state index in [-0.39, 0.29) is 23.8 Å². The van der Waals surface area contributed by atoms with Crippen molar-refractivity contribution in [1.82, 2.24) is 10.0 Å². The van der Waals surface area contributed by atoms with Crippen LogP contribution in [0.15, 0.2) is 108 Å². The molecule has 0 radical (unpaired) electrons. The lowest BCUT2D eigenvalue weighted by atomic mass is 9.98. The van der Waals surface area contributed by atoms with Gasteiger partial charge in [0.05, 0.1) is 4.90 Å². The third kappa shape index (κ3) is 5.86. The van der Waals surface area contributed by atoms with Crippen LogP contribution in [0, 0.1) is 6.92 Å². The number of alkyl carbamates (subject to hydrolysis) is 1. The van der Waals surface area contributed by atoms with E-state index in [2.05, 4.69) is 10.0 Å². The summed E-state index contributed by atoms with van der Waals surface area (Å²) in [4.78, 5) is 26.1. The highest BCUT2D eigenvalue weighted by molar-refractivity contribution is 7.90. The van der Waals surface area contributed by atoms with Gasteiger partial charge in [-0.3, -0.25) is 4.79 Å². The first kappa shape index (κ1) is 26.2. The van der Waals surface area contributed by atoms with Gasteiger partial charge in [-0.15, -0.1) is 0 Å². The number of amides is 2. The Morgan fingerprint density at radius 1 is 0.795 bits per heavy atom. The van der Waals surface area contributed by atoms with Gasteiger partial charge in [0.25, 0.3) is 15.9 Å². The monoisotopic (exact) mass is 540 g/mol. The number of carbonyl (C=O) groups excluding carboxylic acids is 2. The molecule has 198 valence electrons. The summed E-state index contributed by atoms with van der Waals surface area (Å²) in [7, 11) is -4.13. The Kier molecular flexibility index (Phi) is 7.47. The maximum Gasteiger partial charge on any atom is 0.407 e. The lowest BCUT2D eigenvalue weighted by Gasteiger charge is -2.20. The summed E-state index contributed by atoms with van der Waals surface area (Å²) < 4.78 is 33.4. The van der Waals surface area contributed by atoms with E-state index in [1.165, 1.54) is 12.1 Å². The lowest BCUT2D eigenvalue weighted by Crippen LogP contribution is -2.49. The molecule has 0 spiro atoms. The van der Waals surface area contributed by atoms with Crippen molar-refractivity contribution in [3.05, 3.63) is 125 Å². The predicted molar refractivity (Wildman–Crippen MR) is 149 cm³/mol. The molecule has 0 saturated carbocycles. The highest BCUT2D eigenvalue weighted by Gasteiger charge is 2.31. The molecule has 4 aromatic rings. The molecule has 0 bridgehead atoms. The van der Waals surface area contributed by atoms with E-state index < -0.39 is 28.1 Å². The topological polar surface area (TPSA) is 102 Å². The Bertz CT molecular complexity index is 1560. The minimum Gasteiger partial charge on any atom is -0.449 e. The van der Waals surface area contributed by atoms with Crippen LogP contribution >= 0.6 is 0 Å². The van der Waals surface area contributed by atoms with Gasteiger partial charge in [-0.2, -0.15) is 0 Å². The summed E-state index contributed by atoms with van der Waals surface area (Å²) in [5, 5.41) is 2.58. The molecule has 39 heavy (non-hydrogen) atoms. The first-order valence-corrected chi connectivity index (χ1v) is 14.1. The van der Waals surface area contributed by atoms with Crippen molar-refractivity contribution in [3.63, 3.8) is 0 Å². The van der Waals surface area contributed by atoms with E-state index in [0.29, 0.717) is 0 Å². The molecular formula is C31H28N2O5S. The molecule has 4 aromatic carbocycles. The van der Waals surface area contributed by atoms with Gasteiger partial charge in [-0.1, -0.05) is 96.6 Å². The summed E-state index contributed by atoms with van der Waals surface area (Å²) in [5.41, 5.74) is 5.97. The zero-order valence-electron chi connectivity index (χ0n) is 21.3. The molecule has 0 fully saturated rings. The van der Waals surface area contributed by atoms with Crippen LogP contribution in [-0.2, 0) is 26.0 Å². The van der Waals surface area contributed by atoms with Crippen LogP contribution in [-0.4, -0.2) is 33.1 Å². The maximum absolute atomic E-state index is 13.2. The van der Waals surface area contributed by atoms with Crippen molar-refractivity contribution < 1.29 is 22.7 Å². The van der Waals surface area contributed by atoms with Crippen molar-refractivity contribution in [2.24, 2.45) is 0 Å². The van der Waals surface area contributed by atoms with Crippen molar-refractivity contribution >= 4 is 22.0 Å². The summed E-state index contributed by atoms with van der Waals surface area (Å²) in [6.45, 7) is 1.91. The van der Waals surface area contributed by atoms with E-state index >= 15 is 0 Å². The number of carbonyl (C=O) groups is 2. The molecule has 0 aromatic heterocycles. The molecule has 7 nitrogen and oxygen atoms in total. The van der Waals surface area contributed by atoms with E-state index in [1.54, 1.807) is 36.4 Å². The van der Waals surface area contributed by atoms with Crippen LogP contribution in [0.4, 0.5) is 4.79 Å². The average Bonchev–Trinajstić information content (AvgIpc) is 3.26. The second-order valence-electron chi connectivity index (χ2n) is 9.49. The van der Waals surface area contributed by atoms with Crippen LogP contribution in [0.1, 0.15) is 28.2 Å². The van der Waals surface area contributed by atoms with Gasteiger partial charge in [-0.05, 0) is 46.9 Å². The van der Waals surface area contributed by atoms with Crippen LogP contribution in [0.25, 0.3) is 11.1 Å². The first-order chi connectivity index (χ1) is 18.8. The van der Waals surface area contributed by atoms with Crippen molar-refractivity contribution in [2.45, 2.75) is 30.2 Å². The molecule has 0 unspecified atom stereocenters. The molecule has 2 amide bonds. The molecule has 0 aliphatic heterocycles. The van der Waals surface area contributed by atoms with Crippen molar-refractivity contribution in [2.75, 3.05) is 6.61 Å². The number of rotatable bonds is 8. The van der Waals surface area contributed by atoms with E-state index in [1.807, 2.05) is 61.5 Å². The number of benzene rings is 4. The third-order valence-electron chi connectivity index (χ3n) is 6.80.